The van der Waals surface area contributed by atoms with Crippen molar-refractivity contribution in [1.82, 2.24) is 4.90 Å². The molecule has 2 fully saturated rings. The van der Waals surface area contributed by atoms with E-state index in [1.54, 1.807) is 12.1 Å². The standard InChI is InChI=1S/C16H21N3O4/c1-23-15-11-13(5-6-14(15)19(21)22)17-7-9-18(10-8-17)16(20)12-3-2-4-12/h5-6,11-12H,2-4,7-10H2,1H3. The number of nitrogens with zero attached hydrogens (tertiary/aromatic N) is 3. The largest absolute Gasteiger partial charge is 0.490 e. The van der Waals surface area contributed by atoms with Gasteiger partial charge in [-0.1, -0.05) is 6.42 Å². The van der Waals surface area contributed by atoms with Crippen molar-refractivity contribution in [3.8, 4) is 5.75 Å². The highest BCUT2D eigenvalue weighted by Crippen LogP contribution is 2.32. The van der Waals surface area contributed by atoms with Gasteiger partial charge in [-0.3, -0.25) is 14.9 Å². The van der Waals surface area contributed by atoms with Gasteiger partial charge in [-0.05, 0) is 18.9 Å². The van der Waals surface area contributed by atoms with Crippen LogP contribution in [0.3, 0.4) is 0 Å². The molecular weight excluding hydrogens is 298 g/mol. The molecule has 1 aromatic rings. The minimum Gasteiger partial charge on any atom is -0.490 e. The average Bonchev–Trinajstić information content (AvgIpc) is 2.52. The molecule has 1 aliphatic carbocycles. The molecule has 1 aliphatic heterocycles. The lowest BCUT2D eigenvalue weighted by Crippen LogP contribution is -2.51. The molecule has 23 heavy (non-hydrogen) atoms. The Labute approximate surface area is 135 Å². The van der Waals surface area contributed by atoms with Gasteiger partial charge in [0.15, 0.2) is 5.75 Å². The number of carbonyl (C=O) groups is 1. The summed E-state index contributed by atoms with van der Waals surface area (Å²) < 4.78 is 5.12. The van der Waals surface area contributed by atoms with Gasteiger partial charge in [0.2, 0.25) is 5.91 Å². The molecule has 2 aliphatic rings. The van der Waals surface area contributed by atoms with Crippen molar-refractivity contribution in [3.63, 3.8) is 0 Å². The maximum Gasteiger partial charge on any atom is 0.311 e. The zero-order valence-electron chi connectivity index (χ0n) is 13.2. The van der Waals surface area contributed by atoms with Crippen LogP contribution in [-0.4, -0.2) is 49.0 Å². The summed E-state index contributed by atoms with van der Waals surface area (Å²) in [5.41, 5.74) is 0.859. The van der Waals surface area contributed by atoms with E-state index in [2.05, 4.69) is 4.90 Å². The van der Waals surface area contributed by atoms with Crippen molar-refractivity contribution in [2.45, 2.75) is 19.3 Å². The molecule has 1 heterocycles. The SMILES string of the molecule is COc1cc(N2CCN(C(=O)C3CCC3)CC2)ccc1[N+](=O)[O-]. The molecule has 1 aromatic carbocycles. The zero-order valence-corrected chi connectivity index (χ0v) is 13.2. The van der Waals surface area contributed by atoms with E-state index < -0.39 is 4.92 Å². The summed E-state index contributed by atoms with van der Waals surface area (Å²) in [6.07, 6.45) is 3.22. The van der Waals surface area contributed by atoms with Gasteiger partial charge in [0, 0.05) is 49.9 Å². The predicted octanol–water partition coefficient (Wildman–Crippen LogP) is 2.05. The first-order valence-corrected chi connectivity index (χ1v) is 7.96. The van der Waals surface area contributed by atoms with E-state index in [-0.39, 0.29) is 23.3 Å². The van der Waals surface area contributed by atoms with Crippen molar-refractivity contribution in [2.24, 2.45) is 5.92 Å². The van der Waals surface area contributed by atoms with E-state index in [1.807, 2.05) is 4.90 Å². The zero-order chi connectivity index (χ0) is 16.4. The highest BCUT2D eigenvalue weighted by Gasteiger charge is 2.31. The number of piperazine rings is 1. The van der Waals surface area contributed by atoms with Crippen molar-refractivity contribution in [2.75, 3.05) is 38.2 Å². The number of carbonyl (C=O) groups excluding carboxylic acids is 1. The number of nitro groups is 1. The van der Waals surface area contributed by atoms with Crippen LogP contribution in [-0.2, 0) is 4.79 Å². The molecule has 0 spiro atoms. The Bertz CT molecular complexity index is 607. The summed E-state index contributed by atoms with van der Waals surface area (Å²) in [4.78, 5) is 26.8. The summed E-state index contributed by atoms with van der Waals surface area (Å²) in [6.45, 7) is 2.88. The lowest BCUT2D eigenvalue weighted by molar-refractivity contribution is -0.385. The second-order valence-electron chi connectivity index (χ2n) is 6.05. The van der Waals surface area contributed by atoms with E-state index >= 15 is 0 Å². The van der Waals surface area contributed by atoms with Crippen LogP contribution < -0.4 is 9.64 Å². The minimum absolute atomic E-state index is 0.0324. The van der Waals surface area contributed by atoms with Crippen LogP contribution in [0, 0.1) is 16.0 Å². The van der Waals surface area contributed by atoms with Crippen molar-refractivity contribution in [3.05, 3.63) is 28.3 Å². The third kappa shape index (κ3) is 3.09. The molecule has 0 unspecified atom stereocenters. The van der Waals surface area contributed by atoms with Crippen LogP contribution in [0.25, 0.3) is 0 Å². The Kier molecular flexibility index (Phi) is 4.36. The minimum atomic E-state index is -0.447. The number of ether oxygens (including phenoxy) is 1. The number of hydrogen-bond donors (Lipinski definition) is 0. The van der Waals surface area contributed by atoms with Gasteiger partial charge >= 0.3 is 5.69 Å². The van der Waals surface area contributed by atoms with Crippen molar-refractivity contribution < 1.29 is 14.5 Å². The van der Waals surface area contributed by atoms with Gasteiger partial charge in [-0.15, -0.1) is 0 Å². The molecule has 0 aromatic heterocycles. The summed E-state index contributed by atoms with van der Waals surface area (Å²) in [6, 6.07) is 4.91. The molecule has 0 N–H and O–H groups in total. The fourth-order valence-electron chi connectivity index (χ4n) is 3.11. The first-order chi connectivity index (χ1) is 11.1. The lowest BCUT2D eigenvalue weighted by Gasteiger charge is -2.39. The van der Waals surface area contributed by atoms with Crippen LogP contribution in [0.1, 0.15) is 19.3 Å². The Morgan fingerprint density at radius 3 is 2.48 bits per heavy atom. The number of rotatable bonds is 4. The fraction of sp³-hybridized carbons (Fsp3) is 0.562. The van der Waals surface area contributed by atoms with E-state index in [4.69, 9.17) is 4.74 Å². The van der Waals surface area contributed by atoms with Crippen LogP contribution in [0.4, 0.5) is 11.4 Å². The summed E-state index contributed by atoms with van der Waals surface area (Å²) in [7, 11) is 1.43. The van der Waals surface area contributed by atoms with Gasteiger partial charge in [0.05, 0.1) is 12.0 Å². The number of nitro benzene ring substituents is 1. The monoisotopic (exact) mass is 319 g/mol. The molecule has 7 heteroatoms. The summed E-state index contributed by atoms with van der Waals surface area (Å²) in [5, 5.41) is 11.0. The second-order valence-corrected chi connectivity index (χ2v) is 6.05. The van der Waals surface area contributed by atoms with Gasteiger partial charge in [-0.2, -0.15) is 0 Å². The Balaban J connectivity index is 1.65. The topological polar surface area (TPSA) is 75.9 Å². The average molecular weight is 319 g/mol. The van der Waals surface area contributed by atoms with E-state index in [1.165, 1.54) is 19.6 Å². The van der Waals surface area contributed by atoms with Crippen LogP contribution in [0.2, 0.25) is 0 Å². The molecule has 1 saturated heterocycles. The van der Waals surface area contributed by atoms with Crippen LogP contribution >= 0.6 is 0 Å². The number of benzene rings is 1. The second kappa shape index (κ2) is 6.44. The van der Waals surface area contributed by atoms with Crippen molar-refractivity contribution in [1.29, 1.82) is 0 Å². The molecular formula is C16H21N3O4. The molecule has 0 radical (unpaired) electrons. The maximum atomic E-state index is 12.3. The van der Waals surface area contributed by atoms with Gasteiger partial charge < -0.3 is 14.5 Å². The van der Waals surface area contributed by atoms with Gasteiger partial charge in [0.1, 0.15) is 0 Å². The highest BCUT2D eigenvalue weighted by molar-refractivity contribution is 5.80. The van der Waals surface area contributed by atoms with E-state index in [9.17, 15) is 14.9 Å². The molecule has 0 atom stereocenters. The molecule has 0 bridgehead atoms. The third-order valence-corrected chi connectivity index (χ3v) is 4.77. The number of anilines is 1. The maximum absolute atomic E-state index is 12.3. The summed E-state index contributed by atoms with van der Waals surface area (Å²) >= 11 is 0. The Hall–Kier alpha value is -2.31. The van der Waals surface area contributed by atoms with Gasteiger partial charge in [-0.25, -0.2) is 0 Å². The highest BCUT2D eigenvalue weighted by atomic mass is 16.6. The van der Waals surface area contributed by atoms with Gasteiger partial charge in [0.25, 0.3) is 0 Å². The molecule has 1 saturated carbocycles. The first kappa shape index (κ1) is 15.6. The number of methoxy groups -OCH3 is 1. The molecule has 124 valence electrons. The van der Waals surface area contributed by atoms with Crippen LogP contribution in [0.15, 0.2) is 18.2 Å². The first-order valence-electron chi connectivity index (χ1n) is 7.96. The molecule has 7 nitrogen and oxygen atoms in total. The van der Waals surface area contributed by atoms with E-state index in [0.717, 1.165) is 31.6 Å². The number of hydrogen-bond acceptors (Lipinski definition) is 5. The molecule has 1 amide bonds. The Morgan fingerprint density at radius 2 is 1.96 bits per heavy atom. The summed E-state index contributed by atoms with van der Waals surface area (Å²) in [5.74, 6) is 0.790. The normalized spacial score (nSPS) is 18.5. The predicted molar refractivity (Wildman–Crippen MR) is 85.8 cm³/mol. The van der Waals surface area contributed by atoms with Crippen molar-refractivity contribution >= 4 is 17.3 Å². The Morgan fingerprint density at radius 1 is 1.26 bits per heavy atom. The quantitative estimate of drug-likeness (QED) is 0.627. The smallest absolute Gasteiger partial charge is 0.311 e. The van der Waals surface area contributed by atoms with Crippen LogP contribution in [0.5, 0.6) is 5.75 Å². The molecule has 3 rings (SSSR count). The fourth-order valence-corrected chi connectivity index (χ4v) is 3.11. The third-order valence-electron chi connectivity index (χ3n) is 4.77. The lowest BCUT2D eigenvalue weighted by atomic mass is 9.84. The van der Waals surface area contributed by atoms with E-state index in [0.29, 0.717) is 13.1 Å². The number of amides is 1.